The molecule has 0 aliphatic carbocycles. The van der Waals surface area contributed by atoms with Gasteiger partial charge in [-0.2, -0.15) is 22.0 Å². The van der Waals surface area contributed by atoms with Crippen LogP contribution < -0.4 is 15.0 Å². The number of carbonyl (C=O) groups excluding carboxylic acids is 3. The number of esters is 1. The number of nitrogens with zero attached hydrogens (tertiary/aromatic N) is 6. The second-order valence-corrected chi connectivity index (χ2v) is 11.1. The normalized spacial score (nSPS) is 15.2. The molecule has 2 aliphatic rings. The van der Waals surface area contributed by atoms with E-state index in [0.29, 0.717) is 55.7 Å². The number of rotatable bonds is 10. The van der Waals surface area contributed by atoms with Gasteiger partial charge in [0.25, 0.3) is 0 Å². The third kappa shape index (κ3) is 7.65. The summed E-state index contributed by atoms with van der Waals surface area (Å²) in [5, 5.41) is 12.4. The lowest BCUT2D eigenvalue weighted by molar-refractivity contribution is -0.137. The Bertz CT molecular complexity index is 1330. The van der Waals surface area contributed by atoms with Gasteiger partial charge in [0.2, 0.25) is 11.8 Å². The van der Waals surface area contributed by atoms with Gasteiger partial charge in [-0.1, -0.05) is 0 Å². The first-order valence-corrected chi connectivity index (χ1v) is 14.6. The Kier molecular flexibility index (Phi) is 10.4. The molecule has 0 spiro atoms. The molecule has 2 aliphatic heterocycles. The van der Waals surface area contributed by atoms with Crippen molar-refractivity contribution in [3.63, 3.8) is 0 Å². The molecule has 1 saturated heterocycles. The molecule has 2 aromatic heterocycles. The van der Waals surface area contributed by atoms with Crippen molar-refractivity contribution in [2.75, 3.05) is 69.2 Å². The van der Waals surface area contributed by atoms with E-state index in [4.69, 9.17) is 9.72 Å². The fraction of sp³-hybridized carbons (Fsp3) is 0.500. The topological polar surface area (TPSA) is 141 Å². The van der Waals surface area contributed by atoms with E-state index in [1.165, 1.54) is 32.2 Å². The molecule has 0 saturated carbocycles. The molecule has 1 fully saturated rings. The number of nitrogens with one attached hydrogen (secondary N) is 1. The number of anilines is 2. The van der Waals surface area contributed by atoms with Crippen LogP contribution in [0.5, 0.6) is 5.88 Å². The number of likely N-dealkylation sites (N-methyl/N-ethyl adjacent to an activating group) is 1. The molecule has 1 N–H and O–H groups in total. The van der Waals surface area contributed by atoms with E-state index in [1.54, 1.807) is 11.0 Å². The van der Waals surface area contributed by atoms with Crippen LogP contribution in [0.15, 0.2) is 18.3 Å². The standard InChI is InChI=1S/C28H35N7O5S/c1-33-9-10-34(24(36)17-33)16-21-12-20-6-4-8-35(26(20)32-27(21)40-3)28(38)31-23-13-19(22(14-29)15-30-23)7-5-11-41-18-25(37)39-2/h12-13,15H,4-11,16-18H2,1-3H3,(H,30,31,38). The third-order valence-electron chi connectivity index (χ3n) is 7.04. The summed E-state index contributed by atoms with van der Waals surface area (Å²) in [7, 11) is 4.83. The van der Waals surface area contributed by atoms with Gasteiger partial charge in [0, 0.05) is 31.4 Å². The molecule has 13 heteroatoms. The number of ether oxygens (including phenoxy) is 2. The van der Waals surface area contributed by atoms with E-state index in [9.17, 15) is 19.6 Å². The molecule has 0 radical (unpaired) electrons. The van der Waals surface area contributed by atoms with Gasteiger partial charge < -0.3 is 14.4 Å². The largest absolute Gasteiger partial charge is 0.481 e. The highest BCUT2D eigenvalue weighted by atomic mass is 32.2. The molecule has 4 rings (SSSR count). The number of aromatic nitrogens is 2. The molecular formula is C28H35N7O5S. The lowest BCUT2D eigenvalue weighted by Gasteiger charge is -2.33. The second-order valence-electron chi connectivity index (χ2n) is 9.95. The van der Waals surface area contributed by atoms with Gasteiger partial charge in [-0.3, -0.25) is 24.7 Å². The zero-order valence-electron chi connectivity index (χ0n) is 23.6. The number of thioether (sulfide) groups is 1. The number of piperazine rings is 1. The SMILES string of the molecule is COC(=O)CSCCCc1cc(NC(=O)N2CCCc3cc(CN4CCN(C)CC4=O)c(OC)nc32)ncc1C#N. The van der Waals surface area contributed by atoms with Crippen molar-refractivity contribution in [3.05, 3.63) is 40.6 Å². The maximum atomic E-state index is 13.4. The summed E-state index contributed by atoms with van der Waals surface area (Å²) in [4.78, 5) is 51.6. The second kappa shape index (κ2) is 14.1. The van der Waals surface area contributed by atoms with E-state index in [-0.39, 0.29) is 23.7 Å². The highest BCUT2D eigenvalue weighted by molar-refractivity contribution is 7.99. The predicted molar refractivity (Wildman–Crippen MR) is 155 cm³/mol. The fourth-order valence-corrected chi connectivity index (χ4v) is 5.62. The van der Waals surface area contributed by atoms with Crippen LogP contribution in [-0.2, 0) is 33.7 Å². The zero-order chi connectivity index (χ0) is 29.4. The van der Waals surface area contributed by atoms with Gasteiger partial charge in [-0.25, -0.2) is 9.78 Å². The van der Waals surface area contributed by atoms with Crippen LogP contribution in [0.2, 0.25) is 0 Å². The first-order valence-electron chi connectivity index (χ1n) is 13.5. The molecule has 4 heterocycles. The van der Waals surface area contributed by atoms with Crippen molar-refractivity contribution in [2.24, 2.45) is 0 Å². The lowest BCUT2D eigenvalue weighted by Crippen LogP contribution is -2.48. The number of fused-ring (bicyclic) bond motifs is 1. The number of carbonyl (C=O) groups is 3. The summed E-state index contributed by atoms with van der Waals surface area (Å²) >= 11 is 1.47. The Morgan fingerprint density at radius 2 is 2.02 bits per heavy atom. The maximum absolute atomic E-state index is 13.4. The molecule has 2 aromatic rings. The Morgan fingerprint density at radius 3 is 2.76 bits per heavy atom. The lowest BCUT2D eigenvalue weighted by atomic mass is 10.0. The smallest absolute Gasteiger partial charge is 0.328 e. The van der Waals surface area contributed by atoms with Gasteiger partial charge in [0.15, 0.2) is 0 Å². The van der Waals surface area contributed by atoms with Gasteiger partial charge in [-0.05, 0) is 61.7 Å². The van der Waals surface area contributed by atoms with Crippen molar-refractivity contribution in [2.45, 2.75) is 32.2 Å². The molecule has 0 aromatic carbocycles. The summed E-state index contributed by atoms with van der Waals surface area (Å²) in [6.07, 6.45) is 4.33. The number of pyridine rings is 2. The van der Waals surface area contributed by atoms with Gasteiger partial charge in [0.05, 0.1) is 38.6 Å². The van der Waals surface area contributed by atoms with Crippen molar-refractivity contribution in [1.29, 1.82) is 5.26 Å². The summed E-state index contributed by atoms with van der Waals surface area (Å²) in [6.45, 7) is 2.71. The van der Waals surface area contributed by atoms with Crippen LogP contribution in [-0.4, -0.2) is 96.6 Å². The maximum Gasteiger partial charge on any atom is 0.328 e. The van der Waals surface area contributed by atoms with Crippen LogP contribution in [0, 0.1) is 11.3 Å². The van der Waals surface area contributed by atoms with Gasteiger partial charge in [0.1, 0.15) is 17.7 Å². The summed E-state index contributed by atoms with van der Waals surface area (Å²) < 4.78 is 10.2. The monoisotopic (exact) mass is 581 g/mol. The molecule has 0 bridgehead atoms. The Morgan fingerprint density at radius 1 is 1.20 bits per heavy atom. The molecule has 41 heavy (non-hydrogen) atoms. The van der Waals surface area contributed by atoms with Crippen LogP contribution in [0.4, 0.5) is 16.4 Å². The number of nitriles is 1. The van der Waals surface area contributed by atoms with Crippen LogP contribution in [0.1, 0.15) is 35.1 Å². The minimum atomic E-state index is -0.376. The van der Waals surface area contributed by atoms with Crippen LogP contribution >= 0.6 is 11.8 Å². The van der Waals surface area contributed by atoms with E-state index in [1.807, 2.05) is 22.9 Å². The summed E-state index contributed by atoms with van der Waals surface area (Å²) in [6, 6.07) is 5.49. The van der Waals surface area contributed by atoms with Crippen molar-refractivity contribution in [1.82, 2.24) is 19.8 Å². The highest BCUT2D eigenvalue weighted by Crippen LogP contribution is 2.32. The van der Waals surface area contributed by atoms with E-state index < -0.39 is 0 Å². The molecular weight excluding hydrogens is 546 g/mol. The van der Waals surface area contributed by atoms with E-state index in [0.717, 1.165) is 48.3 Å². The van der Waals surface area contributed by atoms with Gasteiger partial charge in [-0.15, -0.1) is 0 Å². The molecule has 0 atom stereocenters. The Hall–Kier alpha value is -3.89. The third-order valence-corrected chi connectivity index (χ3v) is 8.06. The number of amides is 3. The van der Waals surface area contributed by atoms with Crippen LogP contribution in [0.3, 0.4) is 0 Å². The number of aryl methyl sites for hydroxylation is 2. The van der Waals surface area contributed by atoms with E-state index in [2.05, 4.69) is 21.1 Å². The number of methoxy groups -OCH3 is 2. The summed E-state index contributed by atoms with van der Waals surface area (Å²) in [5.41, 5.74) is 2.96. The molecule has 3 amide bonds. The first kappa shape index (κ1) is 30.1. The summed E-state index contributed by atoms with van der Waals surface area (Å²) in [5.74, 6) is 2.06. The predicted octanol–water partition coefficient (Wildman–Crippen LogP) is 2.45. The van der Waals surface area contributed by atoms with Crippen molar-refractivity contribution in [3.8, 4) is 11.9 Å². The first-order chi connectivity index (χ1) is 19.8. The highest BCUT2D eigenvalue weighted by Gasteiger charge is 2.28. The number of hydrogen-bond acceptors (Lipinski definition) is 10. The van der Waals surface area contributed by atoms with Crippen molar-refractivity contribution < 1.29 is 23.9 Å². The van der Waals surface area contributed by atoms with Gasteiger partial charge >= 0.3 is 12.0 Å². The van der Waals surface area contributed by atoms with Crippen molar-refractivity contribution >= 4 is 41.3 Å². The zero-order valence-corrected chi connectivity index (χ0v) is 24.5. The average molecular weight is 582 g/mol. The molecule has 12 nitrogen and oxygen atoms in total. The molecule has 218 valence electrons. The van der Waals surface area contributed by atoms with Crippen LogP contribution in [0.25, 0.3) is 0 Å². The Labute approximate surface area is 244 Å². The fourth-order valence-electron chi connectivity index (χ4n) is 4.84. The average Bonchev–Trinajstić information content (AvgIpc) is 2.97. The number of urea groups is 1. The number of hydrogen-bond donors (Lipinski definition) is 1. The molecule has 0 unspecified atom stereocenters. The van der Waals surface area contributed by atoms with E-state index >= 15 is 0 Å². The Balaban J connectivity index is 1.45. The quantitative estimate of drug-likeness (QED) is 0.329. The minimum absolute atomic E-state index is 0.0637. The minimum Gasteiger partial charge on any atom is -0.481 e.